The average molecular weight is 507 g/mol. The Hall–Kier alpha value is -1.64. The predicted molar refractivity (Wildman–Crippen MR) is 157 cm³/mol. The molecule has 4 N–H and O–H groups in total. The second-order valence-corrected chi connectivity index (χ2v) is 14.6. The van der Waals surface area contributed by atoms with Gasteiger partial charge in [0.1, 0.15) is 11.9 Å². The summed E-state index contributed by atoms with van der Waals surface area (Å²) in [6.45, 7) is 15.1. The maximum Gasteiger partial charge on any atom is 0.144 e. The smallest absolute Gasteiger partial charge is 0.144 e. The lowest BCUT2D eigenvalue weighted by molar-refractivity contribution is -0.174. The highest BCUT2D eigenvalue weighted by molar-refractivity contribution is 5.59. The number of benzene rings is 1. The Labute approximate surface area is 227 Å². The zero-order valence-corrected chi connectivity index (χ0v) is 24.6. The summed E-state index contributed by atoms with van der Waals surface area (Å²) in [5.41, 5.74) is 14.9. The van der Waals surface area contributed by atoms with Gasteiger partial charge in [0.2, 0.25) is 0 Å². The van der Waals surface area contributed by atoms with E-state index in [4.69, 9.17) is 16.2 Å². The van der Waals surface area contributed by atoms with Crippen LogP contribution >= 0.6 is 0 Å². The number of hydrogen-bond acceptors (Lipinski definition) is 3. The third-order valence-electron chi connectivity index (χ3n) is 12.6. The van der Waals surface area contributed by atoms with Crippen molar-refractivity contribution in [3.63, 3.8) is 0 Å². The molecule has 1 aromatic carbocycles. The number of nitrogens with two attached hydrogens (primary N) is 2. The number of anilines is 2. The number of hydrogen-bond donors (Lipinski definition) is 2. The van der Waals surface area contributed by atoms with Gasteiger partial charge in [0.05, 0.1) is 5.69 Å². The molecule has 0 bridgehead atoms. The van der Waals surface area contributed by atoms with Crippen molar-refractivity contribution in [3.05, 3.63) is 30.4 Å². The van der Waals surface area contributed by atoms with Gasteiger partial charge in [0.15, 0.2) is 0 Å². The van der Waals surface area contributed by atoms with Crippen molar-refractivity contribution in [2.45, 2.75) is 112 Å². The fourth-order valence-corrected chi connectivity index (χ4v) is 10.8. The number of ether oxygens (including phenoxy) is 1. The van der Waals surface area contributed by atoms with E-state index in [0.29, 0.717) is 22.4 Å². The quantitative estimate of drug-likeness (QED) is 0.299. The summed E-state index contributed by atoms with van der Waals surface area (Å²) in [7, 11) is 0. The van der Waals surface area contributed by atoms with Crippen LogP contribution in [0.15, 0.2) is 30.4 Å². The molecule has 4 fully saturated rings. The highest BCUT2D eigenvalue weighted by Gasteiger charge is 2.63. The Kier molecular flexibility index (Phi) is 7.16. The standard InChI is InChI=1S/C34H54N2O/c1-7-8-9-10-22(2)25-13-14-26-24-12-16-30-32(3,4)31(37-29-21-23(35)11-15-28(29)36)18-20-34(30,6)27(24)17-19-33(25,26)5/h7-8,11,15,21-22,24-27,30-31H,9-10,12-14,16-20,35-36H2,1-6H3/b8-7-. The van der Waals surface area contributed by atoms with E-state index in [2.05, 4.69) is 53.7 Å². The molecule has 3 nitrogen and oxygen atoms in total. The zero-order valence-electron chi connectivity index (χ0n) is 24.6. The Bertz CT molecular complexity index is 1000. The first kappa shape index (κ1) is 26.9. The Balaban J connectivity index is 1.33. The van der Waals surface area contributed by atoms with Crippen molar-refractivity contribution < 1.29 is 4.74 Å². The topological polar surface area (TPSA) is 61.3 Å². The monoisotopic (exact) mass is 506 g/mol. The van der Waals surface area contributed by atoms with E-state index < -0.39 is 0 Å². The van der Waals surface area contributed by atoms with Crippen LogP contribution in [0, 0.1) is 51.8 Å². The van der Waals surface area contributed by atoms with Gasteiger partial charge in [-0.1, -0.05) is 46.8 Å². The first-order chi connectivity index (χ1) is 17.5. The molecule has 5 rings (SSSR count). The van der Waals surface area contributed by atoms with Crippen LogP contribution in [-0.4, -0.2) is 6.10 Å². The van der Waals surface area contributed by atoms with Crippen molar-refractivity contribution in [2.24, 2.45) is 51.8 Å². The number of allylic oxidation sites excluding steroid dienone is 2. The third-order valence-corrected chi connectivity index (χ3v) is 12.6. The van der Waals surface area contributed by atoms with E-state index in [1.54, 1.807) is 0 Å². The van der Waals surface area contributed by atoms with Gasteiger partial charge in [0.25, 0.3) is 0 Å². The van der Waals surface area contributed by atoms with E-state index in [9.17, 15) is 0 Å². The van der Waals surface area contributed by atoms with Gasteiger partial charge < -0.3 is 16.2 Å². The van der Waals surface area contributed by atoms with Gasteiger partial charge in [-0.3, -0.25) is 0 Å². The Morgan fingerprint density at radius 1 is 0.946 bits per heavy atom. The summed E-state index contributed by atoms with van der Waals surface area (Å²) in [6, 6.07) is 5.65. The molecule has 37 heavy (non-hydrogen) atoms. The van der Waals surface area contributed by atoms with Crippen molar-refractivity contribution in [1.82, 2.24) is 0 Å². The molecule has 0 radical (unpaired) electrons. The van der Waals surface area contributed by atoms with Crippen molar-refractivity contribution in [2.75, 3.05) is 11.5 Å². The molecule has 0 heterocycles. The molecule has 0 aliphatic heterocycles. The van der Waals surface area contributed by atoms with Crippen molar-refractivity contribution in [1.29, 1.82) is 0 Å². The molecule has 4 saturated carbocycles. The molecule has 0 amide bonds. The molecule has 206 valence electrons. The Morgan fingerprint density at radius 3 is 2.43 bits per heavy atom. The summed E-state index contributed by atoms with van der Waals surface area (Å²) in [5, 5.41) is 0. The van der Waals surface area contributed by atoms with Crippen LogP contribution in [0.25, 0.3) is 0 Å². The van der Waals surface area contributed by atoms with Gasteiger partial charge in [-0.25, -0.2) is 0 Å². The maximum absolute atomic E-state index is 6.67. The van der Waals surface area contributed by atoms with Crippen LogP contribution in [0.4, 0.5) is 11.4 Å². The lowest BCUT2D eigenvalue weighted by Crippen LogP contribution is -2.60. The maximum atomic E-state index is 6.67. The van der Waals surface area contributed by atoms with Gasteiger partial charge in [-0.15, -0.1) is 0 Å². The van der Waals surface area contributed by atoms with Gasteiger partial charge in [-0.05, 0) is 130 Å². The molecular formula is C34H54N2O. The highest BCUT2D eigenvalue weighted by Crippen LogP contribution is 2.70. The summed E-state index contributed by atoms with van der Waals surface area (Å²) in [4.78, 5) is 0. The molecular weight excluding hydrogens is 452 g/mol. The van der Waals surface area contributed by atoms with Crippen LogP contribution in [-0.2, 0) is 0 Å². The molecule has 3 heteroatoms. The first-order valence-corrected chi connectivity index (χ1v) is 15.4. The lowest BCUT2D eigenvalue weighted by atomic mass is 9.41. The minimum atomic E-state index is 0.120. The van der Waals surface area contributed by atoms with Crippen LogP contribution in [0.2, 0.25) is 0 Å². The molecule has 4 aliphatic rings. The van der Waals surface area contributed by atoms with E-state index in [1.807, 2.05) is 18.2 Å². The van der Waals surface area contributed by atoms with E-state index in [-0.39, 0.29) is 11.5 Å². The molecule has 1 aromatic rings. The average Bonchev–Trinajstić information content (AvgIpc) is 3.20. The number of fused-ring (bicyclic) bond motifs is 5. The van der Waals surface area contributed by atoms with E-state index in [1.165, 1.54) is 57.8 Å². The second kappa shape index (κ2) is 9.83. The summed E-state index contributed by atoms with van der Waals surface area (Å²) < 4.78 is 6.67. The van der Waals surface area contributed by atoms with Gasteiger partial charge in [0, 0.05) is 17.2 Å². The fraction of sp³-hybridized carbons (Fsp3) is 0.765. The molecule has 0 spiro atoms. The van der Waals surface area contributed by atoms with Crippen LogP contribution in [0.1, 0.15) is 106 Å². The van der Waals surface area contributed by atoms with Gasteiger partial charge in [-0.2, -0.15) is 0 Å². The third kappa shape index (κ3) is 4.41. The van der Waals surface area contributed by atoms with E-state index >= 15 is 0 Å². The van der Waals surface area contributed by atoms with Crippen LogP contribution in [0.5, 0.6) is 5.75 Å². The molecule has 4 aliphatic carbocycles. The number of rotatable bonds is 6. The van der Waals surface area contributed by atoms with Crippen molar-refractivity contribution in [3.8, 4) is 5.75 Å². The largest absolute Gasteiger partial charge is 0.488 e. The first-order valence-electron chi connectivity index (χ1n) is 15.4. The number of nitrogen functional groups attached to an aromatic ring is 2. The normalized spacial score (nSPS) is 41.6. The summed E-state index contributed by atoms with van der Waals surface area (Å²) in [6.07, 6.45) is 18.4. The summed E-state index contributed by atoms with van der Waals surface area (Å²) >= 11 is 0. The molecule has 0 saturated heterocycles. The molecule has 9 atom stereocenters. The second-order valence-electron chi connectivity index (χ2n) is 14.6. The molecule has 0 aromatic heterocycles. The fourth-order valence-electron chi connectivity index (χ4n) is 10.8. The Morgan fingerprint density at radius 2 is 1.68 bits per heavy atom. The van der Waals surface area contributed by atoms with Crippen LogP contribution in [0.3, 0.4) is 0 Å². The van der Waals surface area contributed by atoms with E-state index in [0.717, 1.165) is 47.4 Å². The van der Waals surface area contributed by atoms with Gasteiger partial charge >= 0.3 is 0 Å². The molecule has 9 unspecified atom stereocenters. The zero-order chi connectivity index (χ0) is 26.6. The van der Waals surface area contributed by atoms with Crippen LogP contribution < -0.4 is 16.2 Å². The van der Waals surface area contributed by atoms with Crippen molar-refractivity contribution >= 4 is 11.4 Å². The SMILES string of the molecule is C/C=C\CCC(C)C1CCC2C3CCC4C(C)(C)C(Oc5cc(N)ccc5N)CCC4(C)C3CCC12C. The minimum Gasteiger partial charge on any atom is -0.488 e. The predicted octanol–water partition coefficient (Wildman–Crippen LogP) is 8.89. The summed E-state index contributed by atoms with van der Waals surface area (Å²) in [5.74, 6) is 5.96. The lowest BCUT2D eigenvalue weighted by Gasteiger charge is -2.65. The minimum absolute atomic E-state index is 0.120. The highest BCUT2D eigenvalue weighted by atomic mass is 16.5.